The van der Waals surface area contributed by atoms with E-state index in [1.807, 2.05) is 51.1 Å². The van der Waals surface area contributed by atoms with E-state index in [0.29, 0.717) is 31.7 Å². The molecule has 1 heterocycles. The number of hydrogen-bond acceptors (Lipinski definition) is 8. The molecule has 1 saturated heterocycles. The largest absolute Gasteiger partial charge is 0.444 e. The number of aliphatic hydroxyl groups is 1. The zero-order chi connectivity index (χ0) is 31.2. The zero-order valence-corrected chi connectivity index (χ0v) is 26.4. The van der Waals surface area contributed by atoms with E-state index in [0.717, 1.165) is 5.56 Å². The van der Waals surface area contributed by atoms with Crippen molar-refractivity contribution in [2.45, 2.75) is 89.2 Å². The maximum atomic E-state index is 14.0. The molecule has 0 spiro atoms. The van der Waals surface area contributed by atoms with Crippen molar-refractivity contribution in [1.29, 1.82) is 0 Å². The summed E-state index contributed by atoms with van der Waals surface area (Å²) in [7, 11) is -4.08. The summed E-state index contributed by atoms with van der Waals surface area (Å²) in [6, 6.07) is 14.6. The Bertz CT molecular complexity index is 1270. The summed E-state index contributed by atoms with van der Waals surface area (Å²) in [6.45, 7) is 12.0. The summed E-state index contributed by atoms with van der Waals surface area (Å²) in [5.41, 5.74) is 5.85. The number of anilines is 1. The summed E-state index contributed by atoms with van der Waals surface area (Å²) in [4.78, 5) is 12.8. The maximum Gasteiger partial charge on any atom is 0.407 e. The Morgan fingerprint density at radius 1 is 1.10 bits per heavy atom. The highest BCUT2D eigenvalue weighted by Crippen LogP contribution is 2.33. The van der Waals surface area contributed by atoms with Crippen molar-refractivity contribution in [3.63, 3.8) is 0 Å². The van der Waals surface area contributed by atoms with Crippen LogP contribution in [-0.4, -0.2) is 73.8 Å². The number of amides is 1. The van der Waals surface area contributed by atoms with Crippen LogP contribution in [0.15, 0.2) is 59.5 Å². The van der Waals surface area contributed by atoms with E-state index in [2.05, 4.69) is 5.32 Å². The Labute approximate surface area is 250 Å². The lowest BCUT2D eigenvalue weighted by Gasteiger charge is -2.36. The van der Waals surface area contributed by atoms with Gasteiger partial charge in [-0.1, -0.05) is 50.2 Å². The first-order valence-corrected chi connectivity index (χ1v) is 15.8. The van der Waals surface area contributed by atoms with Gasteiger partial charge in [-0.05, 0) is 69.7 Å². The molecule has 0 saturated carbocycles. The molecule has 11 heteroatoms. The molecule has 234 valence electrons. The maximum absolute atomic E-state index is 14.0. The highest BCUT2D eigenvalue weighted by Gasteiger charge is 2.38. The Morgan fingerprint density at radius 3 is 2.33 bits per heavy atom. The van der Waals surface area contributed by atoms with Crippen LogP contribution >= 0.6 is 0 Å². The van der Waals surface area contributed by atoms with Crippen LogP contribution < -0.4 is 11.1 Å². The van der Waals surface area contributed by atoms with Gasteiger partial charge in [0.25, 0.3) is 0 Å². The summed E-state index contributed by atoms with van der Waals surface area (Å²) in [6.07, 6.45) is -0.511. The number of alkyl carbamates (subject to hydrolysis) is 1. The lowest BCUT2D eigenvalue weighted by molar-refractivity contribution is -0.151. The van der Waals surface area contributed by atoms with Gasteiger partial charge < -0.3 is 30.4 Å². The minimum absolute atomic E-state index is 0.0274. The average Bonchev–Trinajstić information content (AvgIpc) is 3.33. The van der Waals surface area contributed by atoms with Gasteiger partial charge in [0.05, 0.1) is 30.3 Å². The molecule has 4 N–H and O–H groups in total. The van der Waals surface area contributed by atoms with Crippen LogP contribution in [0.4, 0.5) is 10.5 Å². The second-order valence-corrected chi connectivity index (χ2v) is 14.8. The number of nitrogen functional groups attached to an aromatic ring is 1. The van der Waals surface area contributed by atoms with Gasteiger partial charge in [-0.25, -0.2) is 13.2 Å². The Hall–Kier alpha value is -2.70. The molecule has 42 heavy (non-hydrogen) atoms. The highest BCUT2D eigenvalue weighted by atomic mass is 32.2. The standard InChI is InChI=1S/C31H47N3O7S/c1-29(2,3)41-28(36)33-26(19-23-11-8-7-9-12-23)27(35)21-34(42(37,38)25-14-10-13-24(32)20-25)22-30(4,5)15-16-31(6)39-17-18-40-31/h7-14,20,26-27,35H,15-19,21-22,32H2,1-6H3,(H,33,36). The number of carbonyl (C=O) groups is 1. The lowest BCUT2D eigenvalue weighted by Crippen LogP contribution is -2.52. The van der Waals surface area contributed by atoms with Gasteiger partial charge in [0.2, 0.25) is 10.0 Å². The third-order valence-electron chi connectivity index (χ3n) is 7.11. The molecule has 0 aliphatic carbocycles. The van der Waals surface area contributed by atoms with E-state index in [1.165, 1.54) is 16.4 Å². The van der Waals surface area contributed by atoms with Crippen LogP contribution in [0, 0.1) is 5.41 Å². The second kappa shape index (κ2) is 13.7. The molecule has 1 amide bonds. The van der Waals surface area contributed by atoms with Gasteiger partial charge in [-0.2, -0.15) is 4.31 Å². The fourth-order valence-electron chi connectivity index (χ4n) is 4.84. The van der Waals surface area contributed by atoms with E-state index >= 15 is 0 Å². The topological polar surface area (TPSA) is 140 Å². The van der Waals surface area contributed by atoms with Crippen molar-refractivity contribution in [3.05, 3.63) is 60.2 Å². The van der Waals surface area contributed by atoms with E-state index in [1.54, 1.807) is 32.9 Å². The first kappa shape index (κ1) is 33.8. The number of aliphatic hydroxyl groups excluding tert-OH is 1. The molecular formula is C31H47N3O7S. The molecule has 2 unspecified atom stereocenters. The number of hydrogen-bond donors (Lipinski definition) is 3. The Balaban J connectivity index is 1.89. The molecule has 1 aliphatic rings. The van der Waals surface area contributed by atoms with Crippen molar-refractivity contribution in [1.82, 2.24) is 9.62 Å². The van der Waals surface area contributed by atoms with Crippen LogP contribution in [0.25, 0.3) is 0 Å². The molecule has 10 nitrogen and oxygen atoms in total. The second-order valence-electron chi connectivity index (χ2n) is 12.9. The monoisotopic (exact) mass is 605 g/mol. The fourth-order valence-corrected chi connectivity index (χ4v) is 6.54. The molecule has 0 aromatic heterocycles. The highest BCUT2D eigenvalue weighted by molar-refractivity contribution is 7.89. The Kier molecular flexibility index (Phi) is 11.0. The van der Waals surface area contributed by atoms with Gasteiger partial charge in [0, 0.05) is 25.2 Å². The molecule has 0 radical (unpaired) electrons. The number of benzene rings is 2. The SMILES string of the molecule is CC(C)(CCC1(C)OCCO1)CN(CC(O)C(Cc1ccccc1)NC(=O)OC(C)(C)C)S(=O)(=O)c1cccc(N)c1. The van der Waals surface area contributed by atoms with Crippen molar-refractivity contribution in [3.8, 4) is 0 Å². The predicted octanol–water partition coefficient (Wildman–Crippen LogP) is 4.33. The first-order chi connectivity index (χ1) is 19.5. The quantitative estimate of drug-likeness (QED) is 0.287. The summed E-state index contributed by atoms with van der Waals surface area (Å²) >= 11 is 0. The Morgan fingerprint density at radius 2 is 1.74 bits per heavy atom. The number of nitrogens with two attached hydrogens (primary N) is 1. The van der Waals surface area contributed by atoms with Gasteiger partial charge in [0.15, 0.2) is 5.79 Å². The molecular weight excluding hydrogens is 558 g/mol. The van der Waals surface area contributed by atoms with Crippen molar-refractivity contribution in [2.24, 2.45) is 5.41 Å². The molecule has 1 aliphatic heterocycles. The van der Waals surface area contributed by atoms with Crippen molar-refractivity contribution in [2.75, 3.05) is 32.0 Å². The number of ether oxygens (including phenoxy) is 3. The molecule has 0 bridgehead atoms. The van der Waals surface area contributed by atoms with Crippen LogP contribution in [0.3, 0.4) is 0 Å². The average molecular weight is 606 g/mol. The number of nitrogens with zero attached hydrogens (tertiary/aromatic N) is 1. The number of nitrogens with one attached hydrogen (secondary N) is 1. The van der Waals surface area contributed by atoms with E-state index in [9.17, 15) is 18.3 Å². The fraction of sp³-hybridized carbons (Fsp3) is 0.581. The van der Waals surface area contributed by atoms with Crippen LogP contribution in [0.2, 0.25) is 0 Å². The molecule has 2 aromatic rings. The molecule has 2 aromatic carbocycles. The number of rotatable bonds is 13. The molecule has 3 rings (SSSR count). The van der Waals surface area contributed by atoms with Crippen molar-refractivity contribution >= 4 is 21.8 Å². The van der Waals surface area contributed by atoms with Gasteiger partial charge >= 0.3 is 6.09 Å². The van der Waals surface area contributed by atoms with Crippen LogP contribution in [-0.2, 0) is 30.7 Å². The molecule has 2 atom stereocenters. The van der Waals surface area contributed by atoms with Gasteiger partial charge in [0.1, 0.15) is 5.60 Å². The van der Waals surface area contributed by atoms with Gasteiger partial charge in [-0.3, -0.25) is 0 Å². The lowest BCUT2D eigenvalue weighted by atomic mass is 9.86. The third kappa shape index (κ3) is 10.2. The van der Waals surface area contributed by atoms with Crippen molar-refractivity contribution < 1.29 is 32.5 Å². The van der Waals surface area contributed by atoms with E-state index in [-0.39, 0.29) is 24.4 Å². The number of sulfonamides is 1. The van der Waals surface area contributed by atoms with Crippen LogP contribution in [0.1, 0.15) is 59.9 Å². The number of carbonyl (C=O) groups excluding carboxylic acids is 1. The van der Waals surface area contributed by atoms with Crippen LogP contribution in [0.5, 0.6) is 0 Å². The molecule has 1 fully saturated rings. The zero-order valence-electron chi connectivity index (χ0n) is 25.6. The normalized spacial score (nSPS) is 17.1. The third-order valence-corrected chi connectivity index (χ3v) is 8.92. The first-order valence-electron chi connectivity index (χ1n) is 14.3. The summed E-state index contributed by atoms with van der Waals surface area (Å²) in [5, 5.41) is 14.3. The van der Waals surface area contributed by atoms with E-state index in [4.69, 9.17) is 19.9 Å². The van der Waals surface area contributed by atoms with Gasteiger partial charge in [-0.15, -0.1) is 0 Å². The summed E-state index contributed by atoms with van der Waals surface area (Å²) < 4.78 is 46.3. The smallest absolute Gasteiger partial charge is 0.407 e. The van der Waals surface area contributed by atoms with E-state index < -0.39 is 45.1 Å². The minimum Gasteiger partial charge on any atom is -0.444 e. The summed E-state index contributed by atoms with van der Waals surface area (Å²) in [5.74, 6) is -0.716. The predicted molar refractivity (Wildman–Crippen MR) is 162 cm³/mol. The minimum atomic E-state index is -4.08.